The predicted molar refractivity (Wildman–Crippen MR) is 77.5 cm³/mol. The molecule has 1 amide bonds. The summed E-state index contributed by atoms with van der Waals surface area (Å²) in [4.78, 5) is 20.5. The molecule has 0 saturated heterocycles. The van der Waals surface area contributed by atoms with E-state index in [1.54, 1.807) is 17.5 Å². The molecule has 0 atom stereocenters. The van der Waals surface area contributed by atoms with Gasteiger partial charge in [0.15, 0.2) is 0 Å². The van der Waals surface area contributed by atoms with Gasteiger partial charge in [-0.1, -0.05) is 19.9 Å². The van der Waals surface area contributed by atoms with Crippen molar-refractivity contribution in [2.75, 3.05) is 5.32 Å². The van der Waals surface area contributed by atoms with Gasteiger partial charge in [0.25, 0.3) is 0 Å². The second-order valence-corrected chi connectivity index (χ2v) is 5.62. The molecule has 0 bridgehead atoms. The molecule has 2 heterocycles. The molecule has 100 valence electrons. The maximum Gasteiger partial charge on any atom is 0.231 e. The second-order valence-electron chi connectivity index (χ2n) is 4.73. The predicted octanol–water partition coefficient (Wildman–Crippen LogP) is 3.15. The number of pyridine rings is 1. The molecular weight excluding hydrogens is 258 g/mol. The molecule has 0 aliphatic carbocycles. The van der Waals surface area contributed by atoms with Crippen LogP contribution >= 0.6 is 11.3 Å². The molecule has 0 unspecified atom stereocenters. The molecule has 0 saturated carbocycles. The number of nitrogens with zero attached hydrogens (tertiary/aromatic N) is 2. The summed E-state index contributed by atoms with van der Waals surface area (Å²) in [5.74, 6) is 0.939. The van der Waals surface area contributed by atoms with Crippen molar-refractivity contribution in [3.05, 3.63) is 40.0 Å². The molecule has 0 radical (unpaired) electrons. The van der Waals surface area contributed by atoms with Crippen LogP contribution < -0.4 is 5.32 Å². The molecule has 5 heteroatoms. The van der Waals surface area contributed by atoms with Crippen LogP contribution in [0.5, 0.6) is 0 Å². The van der Waals surface area contributed by atoms with E-state index in [2.05, 4.69) is 29.1 Å². The van der Waals surface area contributed by atoms with Crippen LogP contribution in [0.3, 0.4) is 0 Å². The number of rotatable bonds is 4. The Balaban J connectivity index is 1.99. The van der Waals surface area contributed by atoms with Crippen LogP contribution in [-0.4, -0.2) is 15.9 Å². The number of carbonyl (C=O) groups is 1. The van der Waals surface area contributed by atoms with E-state index in [9.17, 15) is 4.79 Å². The Kier molecular flexibility index (Phi) is 4.27. The molecule has 0 aromatic carbocycles. The summed E-state index contributed by atoms with van der Waals surface area (Å²) in [5.41, 5.74) is 1.77. The van der Waals surface area contributed by atoms with E-state index in [-0.39, 0.29) is 5.91 Å². The first-order valence-electron chi connectivity index (χ1n) is 6.22. The van der Waals surface area contributed by atoms with Gasteiger partial charge in [-0.15, -0.1) is 11.3 Å². The van der Waals surface area contributed by atoms with E-state index in [0.717, 1.165) is 16.3 Å². The van der Waals surface area contributed by atoms with E-state index in [1.807, 2.05) is 24.4 Å². The minimum atomic E-state index is -0.0811. The quantitative estimate of drug-likeness (QED) is 0.932. The lowest BCUT2D eigenvalue weighted by Crippen LogP contribution is -2.16. The third-order valence-corrected chi connectivity index (χ3v) is 3.87. The second kappa shape index (κ2) is 5.93. The van der Waals surface area contributed by atoms with Crippen LogP contribution in [0.2, 0.25) is 0 Å². The van der Waals surface area contributed by atoms with Crippen molar-refractivity contribution in [2.45, 2.75) is 33.1 Å². The van der Waals surface area contributed by atoms with Gasteiger partial charge in [0.2, 0.25) is 5.91 Å². The highest BCUT2D eigenvalue weighted by Gasteiger charge is 2.11. The maximum atomic E-state index is 11.9. The minimum absolute atomic E-state index is 0.0811. The molecule has 2 rings (SSSR count). The Hall–Kier alpha value is -1.75. The zero-order chi connectivity index (χ0) is 13.8. The Morgan fingerprint density at radius 1 is 1.47 bits per heavy atom. The summed E-state index contributed by atoms with van der Waals surface area (Å²) in [6.45, 7) is 6.11. The number of anilines is 1. The van der Waals surface area contributed by atoms with Crippen LogP contribution in [0, 0.1) is 6.92 Å². The first-order valence-corrected chi connectivity index (χ1v) is 7.10. The number of carbonyl (C=O) groups excluding carboxylic acids is 1. The summed E-state index contributed by atoms with van der Waals surface area (Å²) in [6.07, 6.45) is 1.96. The number of thiazole rings is 1. The van der Waals surface area contributed by atoms with E-state index in [4.69, 9.17) is 0 Å². The van der Waals surface area contributed by atoms with Crippen molar-refractivity contribution >= 4 is 23.1 Å². The largest absolute Gasteiger partial charge is 0.310 e. The third-order valence-electron chi connectivity index (χ3n) is 2.67. The highest BCUT2D eigenvalue weighted by atomic mass is 32.1. The summed E-state index contributed by atoms with van der Waals surface area (Å²) >= 11 is 1.60. The van der Waals surface area contributed by atoms with Crippen LogP contribution in [0.15, 0.2) is 23.7 Å². The fraction of sp³-hybridized carbons (Fsp3) is 0.357. The van der Waals surface area contributed by atoms with Crippen molar-refractivity contribution in [2.24, 2.45) is 0 Å². The molecule has 2 aromatic rings. The molecule has 0 spiro atoms. The van der Waals surface area contributed by atoms with Crippen LogP contribution in [0.1, 0.15) is 36.0 Å². The molecule has 19 heavy (non-hydrogen) atoms. The lowest BCUT2D eigenvalue weighted by molar-refractivity contribution is -0.115. The summed E-state index contributed by atoms with van der Waals surface area (Å²) < 4.78 is 0. The number of hydrogen-bond donors (Lipinski definition) is 1. The van der Waals surface area contributed by atoms with Gasteiger partial charge >= 0.3 is 0 Å². The Morgan fingerprint density at radius 2 is 2.26 bits per heavy atom. The molecule has 0 aliphatic rings. The molecule has 4 nitrogen and oxygen atoms in total. The van der Waals surface area contributed by atoms with Gasteiger partial charge in [-0.05, 0) is 18.6 Å². The highest BCUT2D eigenvalue weighted by molar-refractivity contribution is 7.09. The van der Waals surface area contributed by atoms with Gasteiger partial charge in [0.05, 0.1) is 17.1 Å². The van der Waals surface area contributed by atoms with Crippen molar-refractivity contribution in [3.63, 3.8) is 0 Å². The van der Waals surface area contributed by atoms with E-state index < -0.39 is 0 Å². The summed E-state index contributed by atoms with van der Waals surface area (Å²) in [7, 11) is 0. The first-order chi connectivity index (χ1) is 9.06. The summed E-state index contributed by atoms with van der Waals surface area (Å²) in [6, 6.07) is 3.77. The van der Waals surface area contributed by atoms with Gasteiger partial charge in [0, 0.05) is 17.5 Å². The standard InChI is InChI=1S/C14H17N3OS/c1-9(2)14-16-11(8-19-14)7-12(18)17-13-10(3)5-4-6-15-13/h4-6,8-9H,7H2,1-3H3,(H,15,17,18). The fourth-order valence-electron chi connectivity index (χ4n) is 1.63. The number of nitrogens with one attached hydrogen (secondary N) is 1. The van der Waals surface area contributed by atoms with E-state index >= 15 is 0 Å². The van der Waals surface area contributed by atoms with Gasteiger partial charge in [-0.25, -0.2) is 9.97 Å². The number of aryl methyl sites for hydroxylation is 1. The molecule has 1 N–H and O–H groups in total. The zero-order valence-electron chi connectivity index (χ0n) is 11.3. The highest BCUT2D eigenvalue weighted by Crippen LogP contribution is 2.19. The minimum Gasteiger partial charge on any atom is -0.310 e. The number of aromatic nitrogens is 2. The van der Waals surface area contributed by atoms with E-state index in [1.165, 1.54) is 0 Å². The Bertz CT molecular complexity index is 578. The van der Waals surface area contributed by atoms with Crippen molar-refractivity contribution in [1.29, 1.82) is 0 Å². The molecule has 0 fully saturated rings. The SMILES string of the molecule is Cc1cccnc1NC(=O)Cc1csc(C(C)C)n1. The monoisotopic (exact) mass is 275 g/mol. The van der Waals surface area contributed by atoms with Gasteiger partial charge in [-0.3, -0.25) is 4.79 Å². The average Bonchev–Trinajstić information content (AvgIpc) is 2.80. The first kappa shape index (κ1) is 13.7. The van der Waals surface area contributed by atoms with Crippen molar-refractivity contribution in [1.82, 2.24) is 9.97 Å². The van der Waals surface area contributed by atoms with E-state index in [0.29, 0.717) is 18.2 Å². The Morgan fingerprint density at radius 3 is 2.89 bits per heavy atom. The molecule has 2 aromatic heterocycles. The van der Waals surface area contributed by atoms with Crippen molar-refractivity contribution in [3.8, 4) is 0 Å². The average molecular weight is 275 g/mol. The van der Waals surface area contributed by atoms with Gasteiger partial charge in [-0.2, -0.15) is 0 Å². The van der Waals surface area contributed by atoms with Crippen LogP contribution in [0.25, 0.3) is 0 Å². The summed E-state index contributed by atoms with van der Waals surface area (Å²) in [5, 5.41) is 5.82. The number of hydrogen-bond acceptors (Lipinski definition) is 4. The fourth-order valence-corrected chi connectivity index (χ4v) is 2.46. The smallest absolute Gasteiger partial charge is 0.231 e. The normalized spacial score (nSPS) is 10.7. The lowest BCUT2D eigenvalue weighted by atomic mass is 10.2. The Labute approximate surface area is 116 Å². The van der Waals surface area contributed by atoms with Crippen LogP contribution in [-0.2, 0) is 11.2 Å². The van der Waals surface area contributed by atoms with Gasteiger partial charge in [0.1, 0.15) is 5.82 Å². The maximum absolute atomic E-state index is 11.9. The van der Waals surface area contributed by atoms with Crippen LogP contribution in [0.4, 0.5) is 5.82 Å². The van der Waals surface area contributed by atoms with Gasteiger partial charge < -0.3 is 5.32 Å². The zero-order valence-corrected chi connectivity index (χ0v) is 12.1. The lowest BCUT2D eigenvalue weighted by Gasteiger charge is -2.05. The molecule has 0 aliphatic heterocycles. The van der Waals surface area contributed by atoms with Crippen molar-refractivity contribution < 1.29 is 4.79 Å². The number of amides is 1. The molecular formula is C14H17N3OS. The topological polar surface area (TPSA) is 54.9 Å². The third kappa shape index (κ3) is 3.61.